The zero-order chi connectivity index (χ0) is 18.2. The minimum atomic E-state index is 0. The molecule has 0 aromatic carbocycles. The van der Waals surface area contributed by atoms with Crippen LogP contribution in [0.1, 0.15) is 51.9 Å². The first kappa shape index (κ1) is 25.7. The van der Waals surface area contributed by atoms with Crippen LogP contribution in [0.2, 0.25) is 0 Å². The molecule has 1 N–H and O–H groups in total. The van der Waals surface area contributed by atoms with Crippen molar-refractivity contribution >= 4 is 29.9 Å². The molecule has 1 fully saturated rings. The maximum atomic E-state index is 5.81. The highest BCUT2D eigenvalue weighted by Gasteiger charge is 2.13. The molecule has 0 spiro atoms. The maximum absolute atomic E-state index is 5.81. The van der Waals surface area contributed by atoms with E-state index in [9.17, 15) is 0 Å². The van der Waals surface area contributed by atoms with E-state index in [1.165, 1.54) is 19.3 Å². The summed E-state index contributed by atoms with van der Waals surface area (Å²) in [6.07, 6.45) is 10.0. The second kappa shape index (κ2) is 18.0. The highest BCUT2D eigenvalue weighted by Crippen LogP contribution is 2.14. The van der Waals surface area contributed by atoms with Crippen molar-refractivity contribution in [2.75, 3.05) is 53.1 Å². The SMILES string of the molecule is C=CCCCCCN(C)C(=NCCCOCC1CCOCC1)NCC.I. The van der Waals surface area contributed by atoms with Crippen LogP contribution in [-0.4, -0.2) is 64.0 Å². The Morgan fingerprint density at radius 1 is 1.27 bits per heavy atom. The van der Waals surface area contributed by atoms with E-state index >= 15 is 0 Å². The molecule has 0 aromatic heterocycles. The Kier molecular flexibility index (Phi) is 17.8. The van der Waals surface area contributed by atoms with Crippen molar-refractivity contribution in [2.45, 2.75) is 51.9 Å². The van der Waals surface area contributed by atoms with Crippen molar-refractivity contribution in [3.63, 3.8) is 0 Å². The summed E-state index contributed by atoms with van der Waals surface area (Å²) in [5.74, 6) is 1.69. The van der Waals surface area contributed by atoms with Crippen LogP contribution < -0.4 is 5.32 Å². The second-order valence-electron chi connectivity index (χ2n) is 6.78. The Bertz CT molecular complexity index is 361. The molecule has 0 aliphatic carbocycles. The first-order valence-corrected chi connectivity index (χ1v) is 10.0. The van der Waals surface area contributed by atoms with Gasteiger partial charge in [0.05, 0.1) is 0 Å². The normalized spacial score (nSPS) is 15.4. The molecule has 0 amide bonds. The topological polar surface area (TPSA) is 46.1 Å². The lowest BCUT2D eigenvalue weighted by Gasteiger charge is -2.22. The minimum absolute atomic E-state index is 0. The van der Waals surface area contributed by atoms with E-state index in [-0.39, 0.29) is 24.0 Å². The van der Waals surface area contributed by atoms with Gasteiger partial charge in [-0.1, -0.05) is 12.5 Å². The number of guanidine groups is 1. The summed E-state index contributed by atoms with van der Waals surface area (Å²) in [5, 5.41) is 3.38. The quantitative estimate of drug-likeness (QED) is 0.142. The van der Waals surface area contributed by atoms with Gasteiger partial charge >= 0.3 is 0 Å². The molecule has 154 valence electrons. The fourth-order valence-corrected chi connectivity index (χ4v) is 2.90. The average molecular weight is 481 g/mol. The van der Waals surface area contributed by atoms with Crippen molar-refractivity contribution in [3.05, 3.63) is 12.7 Å². The lowest BCUT2D eigenvalue weighted by molar-refractivity contribution is 0.0205. The van der Waals surface area contributed by atoms with Crippen molar-refractivity contribution in [1.29, 1.82) is 0 Å². The van der Waals surface area contributed by atoms with Crippen LogP contribution in [0.3, 0.4) is 0 Å². The molecule has 0 bridgehead atoms. The van der Waals surface area contributed by atoms with Gasteiger partial charge < -0.3 is 19.7 Å². The van der Waals surface area contributed by atoms with Gasteiger partial charge in [0.15, 0.2) is 5.96 Å². The van der Waals surface area contributed by atoms with Gasteiger partial charge in [0, 0.05) is 53.1 Å². The van der Waals surface area contributed by atoms with E-state index in [2.05, 4.69) is 30.8 Å². The summed E-state index contributed by atoms with van der Waals surface area (Å²) in [5.41, 5.74) is 0. The molecule has 26 heavy (non-hydrogen) atoms. The Morgan fingerprint density at radius 2 is 2.04 bits per heavy atom. The molecule has 0 saturated carbocycles. The molecule has 0 unspecified atom stereocenters. The van der Waals surface area contributed by atoms with Crippen LogP contribution in [0.5, 0.6) is 0 Å². The Labute approximate surface area is 178 Å². The predicted molar refractivity (Wildman–Crippen MR) is 122 cm³/mol. The van der Waals surface area contributed by atoms with Crippen molar-refractivity contribution in [3.8, 4) is 0 Å². The monoisotopic (exact) mass is 481 g/mol. The molecule has 0 radical (unpaired) electrons. The number of hydrogen-bond donors (Lipinski definition) is 1. The lowest BCUT2D eigenvalue weighted by Crippen LogP contribution is -2.39. The van der Waals surface area contributed by atoms with Gasteiger partial charge in [-0.3, -0.25) is 4.99 Å². The van der Waals surface area contributed by atoms with Crippen LogP contribution in [0.25, 0.3) is 0 Å². The first-order valence-electron chi connectivity index (χ1n) is 10.0. The van der Waals surface area contributed by atoms with Crippen molar-refractivity contribution in [1.82, 2.24) is 10.2 Å². The van der Waals surface area contributed by atoms with Gasteiger partial charge in [0.2, 0.25) is 0 Å². The van der Waals surface area contributed by atoms with Crippen LogP contribution in [0.4, 0.5) is 0 Å². The molecule has 0 atom stereocenters. The Hall–Kier alpha value is -0.340. The number of hydrogen-bond acceptors (Lipinski definition) is 3. The second-order valence-corrected chi connectivity index (χ2v) is 6.78. The van der Waals surface area contributed by atoms with Gasteiger partial charge in [-0.2, -0.15) is 0 Å². The molecule has 1 heterocycles. The van der Waals surface area contributed by atoms with E-state index in [4.69, 9.17) is 14.5 Å². The van der Waals surface area contributed by atoms with Gasteiger partial charge in [0.25, 0.3) is 0 Å². The molecule has 1 aliphatic heterocycles. The third-order valence-corrected chi connectivity index (χ3v) is 4.50. The Balaban J connectivity index is 0.00000625. The largest absolute Gasteiger partial charge is 0.381 e. The summed E-state index contributed by atoms with van der Waals surface area (Å²) >= 11 is 0. The molecule has 1 rings (SSSR count). The van der Waals surface area contributed by atoms with E-state index in [0.29, 0.717) is 5.92 Å². The van der Waals surface area contributed by atoms with Crippen molar-refractivity contribution < 1.29 is 9.47 Å². The standard InChI is InChI=1S/C20H39N3O2.HI/c1-4-6-7-8-9-14-23(3)20(21-5-2)22-13-10-15-25-18-19-11-16-24-17-12-19;/h4,19H,1,5-18H2,2-3H3,(H,21,22);1H. The van der Waals surface area contributed by atoms with Gasteiger partial charge in [-0.25, -0.2) is 0 Å². The van der Waals surface area contributed by atoms with E-state index in [0.717, 1.165) is 77.7 Å². The summed E-state index contributed by atoms with van der Waals surface area (Å²) in [7, 11) is 2.12. The van der Waals surface area contributed by atoms with Gasteiger partial charge in [0.1, 0.15) is 0 Å². The molecule has 0 aromatic rings. The van der Waals surface area contributed by atoms with Crippen LogP contribution >= 0.6 is 24.0 Å². The third-order valence-electron chi connectivity index (χ3n) is 4.50. The molecule has 1 saturated heterocycles. The molecule has 1 aliphatic rings. The zero-order valence-electron chi connectivity index (χ0n) is 16.9. The number of aliphatic imine (C=N–C) groups is 1. The minimum Gasteiger partial charge on any atom is -0.381 e. The number of nitrogens with zero attached hydrogens (tertiary/aromatic N) is 2. The molecule has 6 heteroatoms. The predicted octanol–water partition coefficient (Wildman–Crippen LogP) is 4.08. The molecule has 5 nitrogen and oxygen atoms in total. The smallest absolute Gasteiger partial charge is 0.193 e. The summed E-state index contributed by atoms with van der Waals surface area (Å²) in [6.45, 7) is 12.1. The summed E-state index contributed by atoms with van der Waals surface area (Å²) in [4.78, 5) is 6.96. The van der Waals surface area contributed by atoms with E-state index in [1.54, 1.807) is 0 Å². The number of nitrogens with one attached hydrogen (secondary N) is 1. The van der Waals surface area contributed by atoms with Crippen LogP contribution in [0, 0.1) is 5.92 Å². The summed E-state index contributed by atoms with van der Waals surface area (Å²) < 4.78 is 11.2. The number of allylic oxidation sites excluding steroid dienone is 1. The number of halogens is 1. The number of ether oxygens (including phenoxy) is 2. The summed E-state index contributed by atoms with van der Waals surface area (Å²) in [6, 6.07) is 0. The van der Waals surface area contributed by atoms with Crippen LogP contribution in [0.15, 0.2) is 17.6 Å². The van der Waals surface area contributed by atoms with Crippen LogP contribution in [-0.2, 0) is 9.47 Å². The highest BCUT2D eigenvalue weighted by atomic mass is 127. The maximum Gasteiger partial charge on any atom is 0.193 e. The van der Waals surface area contributed by atoms with E-state index < -0.39 is 0 Å². The zero-order valence-corrected chi connectivity index (χ0v) is 19.2. The number of rotatable bonds is 13. The highest BCUT2D eigenvalue weighted by molar-refractivity contribution is 14.0. The lowest BCUT2D eigenvalue weighted by atomic mass is 10.0. The Morgan fingerprint density at radius 3 is 2.73 bits per heavy atom. The van der Waals surface area contributed by atoms with Crippen molar-refractivity contribution in [2.24, 2.45) is 10.9 Å². The average Bonchev–Trinajstić information content (AvgIpc) is 2.64. The molecular formula is C20H40IN3O2. The van der Waals surface area contributed by atoms with E-state index in [1.807, 2.05) is 6.08 Å². The van der Waals surface area contributed by atoms with Gasteiger partial charge in [-0.05, 0) is 51.4 Å². The number of unbranched alkanes of at least 4 members (excludes halogenated alkanes) is 3. The fourth-order valence-electron chi connectivity index (χ4n) is 2.90. The van der Waals surface area contributed by atoms with Gasteiger partial charge in [-0.15, -0.1) is 30.6 Å². The first-order chi connectivity index (χ1) is 12.3. The fraction of sp³-hybridized carbons (Fsp3) is 0.850. The molecular weight excluding hydrogens is 441 g/mol. The third kappa shape index (κ3) is 12.9.